The number of β-amino-alcohol motifs (C(OH)–C–C–N with tert-alkyl or cyclic N) is 1. The Balaban J connectivity index is 2.58. The minimum Gasteiger partial charge on any atom is -0.465 e. The first-order valence-corrected chi connectivity index (χ1v) is 5.06. The maximum absolute atomic E-state index is 10.7. The van der Waals surface area contributed by atoms with Crippen LogP contribution < -0.4 is 0 Å². The molecule has 82 valence electrons. The number of piperazine rings is 1. The Kier molecular flexibility index (Phi) is 4.25. The second-order valence-corrected chi connectivity index (χ2v) is 4.03. The average molecular weight is 243 g/mol. The van der Waals surface area contributed by atoms with Gasteiger partial charge >= 0.3 is 6.09 Å². The maximum atomic E-state index is 10.7. The summed E-state index contributed by atoms with van der Waals surface area (Å²) in [6.45, 7) is 0.732. The number of aliphatic hydroxyl groups excluding tert-OH is 1. The smallest absolute Gasteiger partial charge is 0.407 e. The van der Waals surface area contributed by atoms with Gasteiger partial charge in [0.05, 0.1) is 19.7 Å². The number of nitrogens with zero attached hydrogens (tertiary/aromatic N) is 2. The molecule has 1 heterocycles. The van der Waals surface area contributed by atoms with Crippen LogP contribution in [0.3, 0.4) is 0 Å². The summed E-state index contributed by atoms with van der Waals surface area (Å²) in [6.07, 6.45) is -1.02. The Hall–Kier alpha value is -0.230. The molecule has 2 N–H and O–H groups in total. The number of hydrogen-bond donors (Lipinski definition) is 2. The van der Waals surface area contributed by atoms with Gasteiger partial charge in [-0.3, -0.25) is 4.90 Å². The molecule has 1 aliphatic heterocycles. The van der Waals surface area contributed by atoms with Crippen LogP contribution >= 0.6 is 23.2 Å². The summed E-state index contributed by atoms with van der Waals surface area (Å²) < 4.78 is 0. The van der Waals surface area contributed by atoms with Crippen molar-refractivity contribution in [3.05, 3.63) is 0 Å². The van der Waals surface area contributed by atoms with Gasteiger partial charge in [0.1, 0.15) is 11.0 Å². The number of rotatable bonds is 2. The molecule has 0 aromatic carbocycles. The van der Waals surface area contributed by atoms with E-state index in [-0.39, 0.29) is 19.7 Å². The standard InChI is InChI=1S/C7H12Cl2N2O3/c8-5-3-10(7(13)14)4-6(9)11(5)1-2-12/h5-6,12H,1-4H2,(H,13,14)/t5-,6+. The fourth-order valence-corrected chi connectivity index (χ4v) is 2.23. The van der Waals surface area contributed by atoms with Crippen LogP contribution in [0, 0.1) is 0 Å². The molecule has 1 saturated heterocycles. The fraction of sp³-hybridized carbons (Fsp3) is 0.857. The van der Waals surface area contributed by atoms with Gasteiger partial charge in [-0.25, -0.2) is 4.79 Å². The van der Waals surface area contributed by atoms with Crippen LogP contribution in [0.4, 0.5) is 4.79 Å². The van der Waals surface area contributed by atoms with Crippen LogP contribution in [0.25, 0.3) is 0 Å². The summed E-state index contributed by atoms with van der Waals surface area (Å²) in [5.41, 5.74) is -0.955. The van der Waals surface area contributed by atoms with Gasteiger partial charge in [-0.1, -0.05) is 0 Å². The summed E-state index contributed by atoms with van der Waals surface area (Å²) in [5.74, 6) is 0. The molecule has 1 aliphatic rings. The highest BCUT2D eigenvalue weighted by molar-refractivity contribution is 6.23. The molecule has 2 atom stereocenters. The highest BCUT2D eigenvalue weighted by Crippen LogP contribution is 2.20. The third kappa shape index (κ3) is 2.63. The van der Waals surface area contributed by atoms with Gasteiger partial charge in [0, 0.05) is 6.54 Å². The summed E-state index contributed by atoms with van der Waals surface area (Å²) >= 11 is 11.8. The van der Waals surface area contributed by atoms with Crippen LogP contribution in [0.5, 0.6) is 0 Å². The van der Waals surface area contributed by atoms with E-state index in [1.54, 1.807) is 4.90 Å². The van der Waals surface area contributed by atoms with Gasteiger partial charge in [0.2, 0.25) is 0 Å². The molecular formula is C7H12Cl2N2O3. The first-order valence-electron chi connectivity index (χ1n) is 4.19. The van der Waals surface area contributed by atoms with E-state index in [2.05, 4.69) is 0 Å². The van der Waals surface area contributed by atoms with E-state index >= 15 is 0 Å². The molecule has 1 rings (SSSR count). The quantitative estimate of drug-likeness (QED) is 0.544. The lowest BCUT2D eigenvalue weighted by Crippen LogP contribution is -2.56. The van der Waals surface area contributed by atoms with Crippen molar-refractivity contribution in [2.45, 2.75) is 11.0 Å². The van der Waals surface area contributed by atoms with Gasteiger partial charge in [-0.05, 0) is 0 Å². The topological polar surface area (TPSA) is 64.0 Å². The van der Waals surface area contributed by atoms with E-state index in [1.807, 2.05) is 0 Å². The molecule has 0 bridgehead atoms. The fourth-order valence-electron chi connectivity index (χ4n) is 1.38. The first kappa shape index (κ1) is 11.8. The monoisotopic (exact) mass is 242 g/mol. The van der Waals surface area contributed by atoms with Crippen molar-refractivity contribution >= 4 is 29.3 Å². The normalized spacial score (nSPS) is 29.2. The lowest BCUT2D eigenvalue weighted by atomic mass is 10.3. The van der Waals surface area contributed by atoms with Crippen molar-refractivity contribution in [3.63, 3.8) is 0 Å². The van der Waals surface area contributed by atoms with E-state index < -0.39 is 17.1 Å². The van der Waals surface area contributed by atoms with Crippen LogP contribution in [-0.4, -0.2) is 63.3 Å². The van der Waals surface area contributed by atoms with E-state index in [9.17, 15) is 4.79 Å². The van der Waals surface area contributed by atoms with E-state index in [0.717, 1.165) is 0 Å². The molecule has 0 unspecified atom stereocenters. The highest BCUT2D eigenvalue weighted by atomic mass is 35.5. The number of halogens is 2. The molecule has 0 spiro atoms. The largest absolute Gasteiger partial charge is 0.465 e. The molecule has 1 amide bonds. The molecule has 5 nitrogen and oxygen atoms in total. The van der Waals surface area contributed by atoms with Crippen molar-refractivity contribution < 1.29 is 15.0 Å². The van der Waals surface area contributed by atoms with Crippen LogP contribution in [-0.2, 0) is 0 Å². The molecular weight excluding hydrogens is 231 g/mol. The third-order valence-corrected chi connectivity index (χ3v) is 2.87. The Labute approximate surface area is 91.8 Å². The zero-order valence-electron chi connectivity index (χ0n) is 7.44. The van der Waals surface area contributed by atoms with Crippen LogP contribution in [0.2, 0.25) is 0 Å². The lowest BCUT2D eigenvalue weighted by molar-refractivity contribution is 0.0716. The molecule has 7 heteroatoms. The van der Waals surface area contributed by atoms with E-state index in [1.165, 1.54) is 4.90 Å². The Morgan fingerprint density at radius 1 is 1.36 bits per heavy atom. The molecule has 0 aromatic heterocycles. The first-order chi connectivity index (χ1) is 6.56. The summed E-state index contributed by atoms with van der Waals surface area (Å²) in [7, 11) is 0. The Morgan fingerprint density at radius 3 is 2.21 bits per heavy atom. The predicted molar refractivity (Wildman–Crippen MR) is 52.7 cm³/mol. The number of carboxylic acid groups (broad SMARTS) is 1. The SMILES string of the molecule is O=C(O)N1C[C@@H](Cl)N(CCO)[C@@H](Cl)C1. The van der Waals surface area contributed by atoms with Gasteiger partial charge in [-0.2, -0.15) is 0 Å². The maximum Gasteiger partial charge on any atom is 0.407 e. The Bertz CT molecular complexity index is 205. The zero-order valence-corrected chi connectivity index (χ0v) is 8.95. The molecule has 14 heavy (non-hydrogen) atoms. The second-order valence-electron chi connectivity index (χ2n) is 3.02. The molecule has 0 saturated carbocycles. The summed E-state index contributed by atoms with van der Waals surface area (Å²) in [5, 5.41) is 17.5. The summed E-state index contributed by atoms with van der Waals surface area (Å²) in [6, 6.07) is 0. The molecule has 0 radical (unpaired) electrons. The average Bonchev–Trinajstić information content (AvgIpc) is 2.10. The van der Waals surface area contributed by atoms with E-state index in [4.69, 9.17) is 33.4 Å². The second kappa shape index (κ2) is 5.02. The van der Waals surface area contributed by atoms with Crippen molar-refractivity contribution in [1.82, 2.24) is 9.80 Å². The van der Waals surface area contributed by atoms with Gasteiger partial charge in [0.25, 0.3) is 0 Å². The van der Waals surface area contributed by atoms with Gasteiger partial charge < -0.3 is 15.1 Å². The van der Waals surface area contributed by atoms with E-state index in [0.29, 0.717) is 6.54 Å². The number of amides is 1. The molecule has 0 aliphatic carbocycles. The minimum atomic E-state index is -1.02. The predicted octanol–water partition coefficient (Wildman–Crippen LogP) is 0.404. The number of hydrogen-bond acceptors (Lipinski definition) is 3. The van der Waals surface area contributed by atoms with Crippen LogP contribution in [0.15, 0.2) is 0 Å². The van der Waals surface area contributed by atoms with Crippen molar-refractivity contribution in [1.29, 1.82) is 0 Å². The molecule has 0 aromatic rings. The highest BCUT2D eigenvalue weighted by Gasteiger charge is 2.33. The third-order valence-electron chi connectivity index (χ3n) is 2.09. The lowest BCUT2D eigenvalue weighted by Gasteiger charge is -2.40. The zero-order chi connectivity index (χ0) is 10.7. The summed E-state index contributed by atoms with van der Waals surface area (Å²) in [4.78, 5) is 13.5. The van der Waals surface area contributed by atoms with Gasteiger partial charge in [-0.15, -0.1) is 23.2 Å². The molecule has 1 fully saturated rings. The minimum absolute atomic E-state index is 0.0422. The number of carbonyl (C=O) groups is 1. The van der Waals surface area contributed by atoms with Gasteiger partial charge in [0.15, 0.2) is 0 Å². The Morgan fingerprint density at radius 2 is 1.86 bits per heavy atom. The van der Waals surface area contributed by atoms with Crippen molar-refractivity contribution in [3.8, 4) is 0 Å². The van der Waals surface area contributed by atoms with Crippen LogP contribution in [0.1, 0.15) is 0 Å². The van der Waals surface area contributed by atoms with Crippen molar-refractivity contribution in [2.75, 3.05) is 26.2 Å². The number of aliphatic hydroxyl groups is 1. The van der Waals surface area contributed by atoms with Crippen molar-refractivity contribution in [2.24, 2.45) is 0 Å². The number of alkyl halides is 2.